The van der Waals surface area contributed by atoms with E-state index in [0.29, 0.717) is 23.6 Å². The number of aryl methyl sites for hydroxylation is 1. The van der Waals surface area contributed by atoms with Gasteiger partial charge in [-0.3, -0.25) is 4.79 Å². The maximum atomic E-state index is 13.8. The second kappa shape index (κ2) is 8.56. The number of hydrogen-bond acceptors (Lipinski definition) is 4. The Labute approximate surface area is 153 Å². The Hall–Kier alpha value is -2.76. The monoisotopic (exact) mass is 361 g/mol. The van der Waals surface area contributed by atoms with Crippen molar-refractivity contribution >= 4 is 5.91 Å². The standard InChI is InChI=1S/C20H24FNO4/c1-13-8-18(25-4)19(26-5)11-15(13)12-22(2)20(23)10-14-6-7-17(24-3)16(21)9-14/h6-9,11H,10,12H2,1-5H3. The first kappa shape index (κ1) is 19.6. The number of carbonyl (C=O) groups excluding carboxylic acids is 1. The minimum absolute atomic E-state index is 0.108. The van der Waals surface area contributed by atoms with Gasteiger partial charge in [-0.1, -0.05) is 6.07 Å². The van der Waals surface area contributed by atoms with Crippen LogP contribution in [0.4, 0.5) is 4.39 Å². The molecule has 5 nitrogen and oxygen atoms in total. The Morgan fingerprint density at radius 2 is 1.62 bits per heavy atom. The zero-order chi connectivity index (χ0) is 19.3. The molecule has 6 heteroatoms. The summed E-state index contributed by atoms with van der Waals surface area (Å²) in [5.41, 5.74) is 2.56. The van der Waals surface area contributed by atoms with Gasteiger partial charge in [0.2, 0.25) is 5.91 Å². The molecule has 0 saturated carbocycles. The average molecular weight is 361 g/mol. The smallest absolute Gasteiger partial charge is 0.227 e. The topological polar surface area (TPSA) is 48.0 Å². The number of hydrogen-bond donors (Lipinski definition) is 0. The minimum Gasteiger partial charge on any atom is -0.494 e. The maximum absolute atomic E-state index is 13.8. The number of rotatable bonds is 7. The van der Waals surface area contributed by atoms with Gasteiger partial charge in [0.15, 0.2) is 23.1 Å². The van der Waals surface area contributed by atoms with Crippen LogP contribution in [0.2, 0.25) is 0 Å². The van der Waals surface area contributed by atoms with Crippen LogP contribution in [0, 0.1) is 12.7 Å². The Kier molecular flexibility index (Phi) is 6.44. The van der Waals surface area contributed by atoms with E-state index >= 15 is 0 Å². The number of halogens is 1. The van der Waals surface area contributed by atoms with Crippen LogP contribution < -0.4 is 14.2 Å². The molecule has 0 bridgehead atoms. The molecule has 1 amide bonds. The van der Waals surface area contributed by atoms with E-state index in [1.54, 1.807) is 32.2 Å². The molecule has 0 aliphatic heterocycles. The fourth-order valence-electron chi connectivity index (χ4n) is 2.67. The first-order valence-corrected chi connectivity index (χ1v) is 8.17. The molecule has 2 aromatic carbocycles. The lowest BCUT2D eigenvalue weighted by atomic mass is 10.1. The van der Waals surface area contributed by atoms with Crippen LogP contribution in [0.3, 0.4) is 0 Å². The minimum atomic E-state index is -0.476. The molecule has 2 rings (SSSR count). The molecular weight excluding hydrogens is 337 g/mol. The quantitative estimate of drug-likeness (QED) is 0.759. The van der Waals surface area contributed by atoms with E-state index in [1.807, 2.05) is 19.1 Å². The number of likely N-dealkylation sites (N-methyl/N-ethyl adjacent to an activating group) is 1. The predicted octanol–water partition coefficient (Wildman–Crippen LogP) is 3.36. The van der Waals surface area contributed by atoms with Crippen LogP contribution in [0.1, 0.15) is 16.7 Å². The number of ether oxygens (including phenoxy) is 3. The lowest BCUT2D eigenvalue weighted by Gasteiger charge is -2.20. The molecule has 0 spiro atoms. The van der Waals surface area contributed by atoms with Crippen LogP contribution >= 0.6 is 0 Å². The van der Waals surface area contributed by atoms with Gasteiger partial charge < -0.3 is 19.1 Å². The summed E-state index contributed by atoms with van der Waals surface area (Å²) < 4.78 is 29.3. The Morgan fingerprint density at radius 3 is 2.19 bits per heavy atom. The molecule has 0 fully saturated rings. The second-order valence-electron chi connectivity index (χ2n) is 6.03. The molecule has 0 aliphatic carbocycles. The number of carbonyl (C=O) groups is 1. The first-order valence-electron chi connectivity index (χ1n) is 8.17. The van der Waals surface area contributed by atoms with Crippen molar-refractivity contribution in [2.45, 2.75) is 19.9 Å². The van der Waals surface area contributed by atoms with Crippen molar-refractivity contribution in [2.24, 2.45) is 0 Å². The van der Waals surface area contributed by atoms with Crippen LogP contribution in [0.25, 0.3) is 0 Å². The molecule has 0 saturated heterocycles. The highest BCUT2D eigenvalue weighted by atomic mass is 19.1. The molecule has 26 heavy (non-hydrogen) atoms. The number of nitrogens with zero attached hydrogens (tertiary/aromatic N) is 1. The average Bonchev–Trinajstić information content (AvgIpc) is 2.63. The summed E-state index contributed by atoms with van der Waals surface area (Å²) in [5.74, 6) is 0.845. The van der Waals surface area contributed by atoms with Gasteiger partial charge in [0, 0.05) is 13.6 Å². The molecule has 2 aromatic rings. The van der Waals surface area contributed by atoms with Gasteiger partial charge in [-0.25, -0.2) is 4.39 Å². The molecule has 0 heterocycles. The maximum Gasteiger partial charge on any atom is 0.227 e. The molecule has 0 unspecified atom stereocenters. The highest BCUT2D eigenvalue weighted by Crippen LogP contribution is 2.30. The summed E-state index contributed by atoms with van der Waals surface area (Å²) >= 11 is 0. The molecule has 0 atom stereocenters. The lowest BCUT2D eigenvalue weighted by molar-refractivity contribution is -0.129. The molecule has 140 valence electrons. The summed E-state index contributed by atoms with van der Waals surface area (Å²) in [5, 5.41) is 0. The third-order valence-corrected chi connectivity index (χ3v) is 4.25. The van der Waals surface area contributed by atoms with E-state index in [1.165, 1.54) is 19.2 Å². The van der Waals surface area contributed by atoms with Gasteiger partial charge in [0.25, 0.3) is 0 Å². The van der Waals surface area contributed by atoms with Crippen LogP contribution in [0.15, 0.2) is 30.3 Å². The van der Waals surface area contributed by atoms with E-state index in [4.69, 9.17) is 14.2 Å². The summed E-state index contributed by atoms with van der Waals surface area (Å²) in [6, 6.07) is 8.29. The van der Waals surface area contributed by atoms with Crippen LogP contribution in [-0.4, -0.2) is 39.2 Å². The summed E-state index contributed by atoms with van der Waals surface area (Å²) in [6.07, 6.45) is 0.115. The van der Waals surface area contributed by atoms with Crippen molar-refractivity contribution in [3.05, 3.63) is 52.8 Å². The SMILES string of the molecule is COc1ccc(CC(=O)N(C)Cc2cc(OC)c(OC)cc2C)cc1F. The fraction of sp³-hybridized carbons (Fsp3) is 0.350. The molecule has 0 aliphatic rings. The Morgan fingerprint density at radius 1 is 1.00 bits per heavy atom. The van der Waals surface area contributed by atoms with Crippen LogP contribution in [0.5, 0.6) is 17.2 Å². The van der Waals surface area contributed by atoms with Gasteiger partial charge in [-0.2, -0.15) is 0 Å². The van der Waals surface area contributed by atoms with Crippen molar-refractivity contribution in [3.8, 4) is 17.2 Å². The van der Waals surface area contributed by atoms with Gasteiger partial charge in [-0.05, 0) is 47.9 Å². The summed E-state index contributed by atoms with van der Waals surface area (Å²) in [7, 11) is 6.28. The van der Waals surface area contributed by atoms with Crippen molar-refractivity contribution < 1.29 is 23.4 Å². The third-order valence-electron chi connectivity index (χ3n) is 4.25. The zero-order valence-electron chi connectivity index (χ0n) is 15.8. The van der Waals surface area contributed by atoms with E-state index in [0.717, 1.165) is 11.1 Å². The molecule has 0 radical (unpaired) electrons. The van der Waals surface area contributed by atoms with Gasteiger partial charge in [-0.15, -0.1) is 0 Å². The molecule has 0 aromatic heterocycles. The van der Waals surface area contributed by atoms with Crippen molar-refractivity contribution in [1.82, 2.24) is 4.90 Å². The van der Waals surface area contributed by atoms with Gasteiger partial charge in [0.1, 0.15) is 0 Å². The predicted molar refractivity (Wildman–Crippen MR) is 97.4 cm³/mol. The van der Waals surface area contributed by atoms with Crippen LogP contribution in [-0.2, 0) is 17.8 Å². The van der Waals surface area contributed by atoms with E-state index < -0.39 is 5.82 Å². The Bertz CT molecular complexity index is 792. The number of benzene rings is 2. The van der Waals surface area contributed by atoms with Crippen molar-refractivity contribution in [1.29, 1.82) is 0 Å². The molecular formula is C20H24FNO4. The van der Waals surface area contributed by atoms with Gasteiger partial charge in [0.05, 0.1) is 27.8 Å². The van der Waals surface area contributed by atoms with Gasteiger partial charge >= 0.3 is 0 Å². The fourth-order valence-corrected chi connectivity index (χ4v) is 2.67. The number of methoxy groups -OCH3 is 3. The molecule has 0 N–H and O–H groups in total. The lowest BCUT2D eigenvalue weighted by Crippen LogP contribution is -2.28. The number of amides is 1. The van der Waals surface area contributed by atoms with Crippen molar-refractivity contribution in [3.63, 3.8) is 0 Å². The summed E-state index contributed by atoms with van der Waals surface area (Å²) in [4.78, 5) is 14.1. The van der Waals surface area contributed by atoms with Crippen molar-refractivity contribution in [2.75, 3.05) is 28.4 Å². The zero-order valence-corrected chi connectivity index (χ0v) is 15.8. The Balaban J connectivity index is 2.10. The van der Waals surface area contributed by atoms with E-state index in [-0.39, 0.29) is 18.1 Å². The highest BCUT2D eigenvalue weighted by Gasteiger charge is 2.15. The van der Waals surface area contributed by atoms with E-state index in [2.05, 4.69) is 0 Å². The summed E-state index contributed by atoms with van der Waals surface area (Å²) in [6.45, 7) is 2.37. The largest absolute Gasteiger partial charge is 0.494 e. The highest BCUT2D eigenvalue weighted by molar-refractivity contribution is 5.78. The van der Waals surface area contributed by atoms with E-state index in [9.17, 15) is 9.18 Å². The third kappa shape index (κ3) is 4.45. The first-order chi connectivity index (χ1) is 12.4. The second-order valence-corrected chi connectivity index (χ2v) is 6.03. The normalized spacial score (nSPS) is 10.4.